The first kappa shape index (κ1) is 14.6. The first-order valence-electron chi connectivity index (χ1n) is 7.31. The number of halogens is 1. The molecule has 1 unspecified atom stereocenters. The molecule has 1 aromatic heterocycles. The van der Waals surface area contributed by atoms with E-state index in [2.05, 4.69) is 4.98 Å². The largest absolute Gasteiger partial charge is 0.497 e. The molecule has 3 rings (SSSR count). The zero-order valence-corrected chi connectivity index (χ0v) is 12.5. The summed E-state index contributed by atoms with van der Waals surface area (Å²) in [5.74, 6) is 0.672. The van der Waals surface area contributed by atoms with E-state index in [1.54, 1.807) is 13.2 Å². The third-order valence-electron chi connectivity index (χ3n) is 4.07. The van der Waals surface area contributed by atoms with Gasteiger partial charge < -0.3 is 15.5 Å². The summed E-state index contributed by atoms with van der Waals surface area (Å²) in [7, 11) is 1.65. The van der Waals surface area contributed by atoms with Gasteiger partial charge in [0.25, 0.3) is 0 Å². The van der Waals surface area contributed by atoms with Gasteiger partial charge in [-0.05, 0) is 48.4 Å². The molecular formula is C18H19FN2O. The molecule has 1 atom stereocenters. The average molecular weight is 298 g/mol. The lowest BCUT2D eigenvalue weighted by Gasteiger charge is -2.15. The highest BCUT2D eigenvalue weighted by Crippen LogP contribution is 2.30. The number of rotatable bonds is 5. The van der Waals surface area contributed by atoms with Crippen LogP contribution in [0.3, 0.4) is 0 Å². The first-order chi connectivity index (χ1) is 10.7. The van der Waals surface area contributed by atoms with Crippen LogP contribution in [-0.4, -0.2) is 18.6 Å². The van der Waals surface area contributed by atoms with Gasteiger partial charge in [0.15, 0.2) is 0 Å². The molecule has 1 heterocycles. The smallest absolute Gasteiger partial charge is 0.126 e. The lowest BCUT2D eigenvalue weighted by molar-refractivity contribution is 0.415. The van der Waals surface area contributed by atoms with E-state index in [0.717, 1.165) is 22.2 Å². The minimum Gasteiger partial charge on any atom is -0.497 e. The van der Waals surface area contributed by atoms with Crippen molar-refractivity contribution in [3.05, 3.63) is 65.6 Å². The van der Waals surface area contributed by atoms with E-state index < -0.39 is 0 Å². The Balaban J connectivity index is 1.98. The molecule has 114 valence electrons. The Morgan fingerprint density at radius 3 is 2.77 bits per heavy atom. The second-order valence-electron chi connectivity index (χ2n) is 5.38. The van der Waals surface area contributed by atoms with Crippen LogP contribution in [0, 0.1) is 5.82 Å². The first-order valence-corrected chi connectivity index (χ1v) is 7.31. The van der Waals surface area contributed by atoms with Crippen molar-refractivity contribution in [2.24, 2.45) is 5.73 Å². The third kappa shape index (κ3) is 2.70. The van der Waals surface area contributed by atoms with Crippen LogP contribution >= 0.6 is 0 Å². The number of benzene rings is 2. The molecule has 3 N–H and O–H groups in total. The van der Waals surface area contributed by atoms with E-state index in [1.165, 1.54) is 6.07 Å². The molecule has 0 aliphatic rings. The summed E-state index contributed by atoms with van der Waals surface area (Å²) >= 11 is 0. The molecule has 0 aliphatic heterocycles. The van der Waals surface area contributed by atoms with Gasteiger partial charge in [0.2, 0.25) is 0 Å². The molecule has 0 radical (unpaired) electrons. The summed E-state index contributed by atoms with van der Waals surface area (Å²) in [6.45, 7) is 0.457. The van der Waals surface area contributed by atoms with Crippen molar-refractivity contribution in [2.75, 3.05) is 13.7 Å². The number of fused-ring (bicyclic) bond motifs is 1. The number of H-pyrrole nitrogens is 1. The van der Waals surface area contributed by atoms with Crippen molar-refractivity contribution in [3.8, 4) is 5.75 Å². The van der Waals surface area contributed by atoms with E-state index in [-0.39, 0.29) is 11.7 Å². The maximum Gasteiger partial charge on any atom is 0.126 e. The highest BCUT2D eigenvalue weighted by molar-refractivity contribution is 5.85. The van der Waals surface area contributed by atoms with E-state index in [0.29, 0.717) is 18.5 Å². The molecule has 0 spiro atoms. The zero-order chi connectivity index (χ0) is 15.5. The second-order valence-corrected chi connectivity index (χ2v) is 5.38. The highest BCUT2D eigenvalue weighted by atomic mass is 19.1. The summed E-state index contributed by atoms with van der Waals surface area (Å²) in [6.07, 6.45) is 2.54. The predicted octanol–water partition coefficient (Wildman–Crippen LogP) is 3.60. The van der Waals surface area contributed by atoms with Crippen LogP contribution in [-0.2, 0) is 6.42 Å². The van der Waals surface area contributed by atoms with Gasteiger partial charge in [-0.2, -0.15) is 0 Å². The quantitative estimate of drug-likeness (QED) is 0.756. The van der Waals surface area contributed by atoms with Crippen LogP contribution in [0.1, 0.15) is 17.0 Å². The van der Waals surface area contributed by atoms with Crippen molar-refractivity contribution in [3.63, 3.8) is 0 Å². The molecule has 4 heteroatoms. The van der Waals surface area contributed by atoms with E-state index in [9.17, 15) is 4.39 Å². The monoisotopic (exact) mass is 298 g/mol. The molecule has 2 aromatic carbocycles. The molecule has 0 bridgehead atoms. The van der Waals surface area contributed by atoms with Crippen LogP contribution in [0.15, 0.2) is 48.7 Å². The van der Waals surface area contributed by atoms with Gasteiger partial charge in [0.1, 0.15) is 11.6 Å². The maximum absolute atomic E-state index is 13.9. The van der Waals surface area contributed by atoms with Gasteiger partial charge in [0.05, 0.1) is 7.11 Å². The van der Waals surface area contributed by atoms with Crippen LogP contribution in [0.4, 0.5) is 4.39 Å². The number of methoxy groups -OCH3 is 1. The number of aromatic amines is 1. The van der Waals surface area contributed by atoms with Crippen LogP contribution in [0.5, 0.6) is 5.75 Å². The molecule has 0 fully saturated rings. The molecule has 0 saturated heterocycles. The van der Waals surface area contributed by atoms with E-state index >= 15 is 0 Å². The van der Waals surface area contributed by atoms with Crippen LogP contribution in [0.2, 0.25) is 0 Å². The van der Waals surface area contributed by atoms with Crippen LogP contribution in [0.25, 0.3) is 10.9 Å². The molecule has 3 aromatic rings. The van der Waals surface area contributed by atoms with E-state index in [1.807, 2.05) is 36.5 Å². The number of aromatic nitrogens is 1. The zero-order valence-electron chi connectivity index (χ0n) is 12.5. The van der Waals surface area contributed by atoms with Crippen molar-refractivity contribution in [1.82, 2.24) is 4.98 Å². The molecule has 0 aliphatic carbocycles. The Hall–Kier alpha value is -2.33. The lowest BCUT2D eigenvalue weighted by Crippen LogP contribution is -2.15. The molecule has 0 saturated carbocycles. The maximum atomic E-state index is 13.9. The Labute approximate surface area is 128 Å². The summed E-state index contributed by atoms with van der Waals surface area (Å²) in [6, 6.07) is 12.7. The normalized spacial score (nSPS) is 12.5. The average Bonchev–Trinajstić information content (AvgIpc) is 2.97. The fraction of sp³-hybridized carbons (Fsp3) is 0.222. The van der Waals surface area contributed by atoms with Gasteiger partial charge >= 0.3 is 0 Å². The Bertz CT molecular complexity index is 782. The summed E-state index contributed by atoms with van der Waals surface area (Å²) in [5.41, 5.74) is 8.77. The number of nitrogens with two attached hydrogens (primary N) is 1. The highest BCUT2D eigenvalue weighted by Gasteiger charge is 2.17. The van der Waals surface area contributed by atoms with E-state index in [4.69, 9.17) is 10.5 Å². The third-order valence-corrected chi connectivity index (χ3v) is 4.07. The standard InChI is InChI=1S/C18H19FN2O/c1-22-14-6-7-18-15(9-14)16(11-21-18)13(10-20)8-12-4-2-3-5-17(12)19/h2-7,9,11,13,21H,8,10,20H2,1H3. The Kier molecular flexibility index (Phi) is 4.11. The Morgan fingerprint density at radius 1 is 1.23 bits per heavy atom. The van der Waals surface area contributed by atoms with Crippen molar-refractivity contribution < 1.29 is 9.13 Å². The molecule has 22 heavy (non-hydrogen) atoms. The number of ether oxygens (including phenoxy) is 1. The topological polar surface area (TPSA) is 51.0 Å². The molecule has 3 nitrogen and oxygen atoms in total. The van der Waals surface area contributed by atoms with Gasteiger partial charge in [-0.3, -0.25) is 0 Å². The van der Waals surface area contributed by atoms with Crippen LogP contribution < -0.4 is 10.5 Å². The fourth-order valence-corrected chi connectivity index (χ4v) is 2.84. The SMILES string of the molecule is COc1ccc2[nH]cc(C(CN)Cc3ccccc3F)c2c1. The van der Waals surface area contributed by atoms with Crippen molar-refractivity contribution in [1.29, 1.82) is 0 Å². The summed E-state index contributed by atoms with van der Waals surface area (Å²) < 4.78 is 19.2. The van der Waals surface area contributed by atoms with Gasteiger partial charge in [0, 0.05) is 23.0 Å². The number of nitrogens with one attached hydrogen (secondary N) is 1. The predicted molar refractivity (Wildman–Crippen MR) is 86.8 cm³/mol. The minimum absolute atomic E-state index is 0.0535. The van der Waals surface area contributed by atoms with Gasteiger partial charge in [-0.25, -0.2) is 4.39 Å². The second kappa shape index (κ2) is 6.20. The number of hydrogen-bond acceptors (Lipinski definition) is 2. The number of hydrogen-bond donors (Lipinski definition) is 2. The summed E-state index contributed by atoms with van der Waals surface area (Å²) in [5, 5.41) is 1.08. The minimum atomic E-state index is -0.182. The lowest BCUT2D eigenvalue weighted by atomic mass is 9.91. The van der Waals surface area contributed by atoms with Crippen molar-refractivity contribution >= 4 is 10.9 Å². The molecule has 0 amide bonds. The van der Waals surface area contributed by atoms with Gasteiger partial charge in [-0.15, -0.1) is 0 Å². The van der Waals surface area contributed by atoms with Crippen molar-refractivity contribution in [2.45, 2.75) is 12.3 Å². The summed E-state index contributed by atoms with van der Waals surface area (Å²) in [4.78, 5) is 3.25. The van der Waals surface area contributed by atoms with Gasteiger partial charge in [-0.1, -0.05) is 18.2 Å². The fourth-order valence-electron chi connectivity index (χ4n) is 2.84. The molecular weight excluding hydrogens is 279 g/mol. The Morgan fingerprint density at radius 2 is 2.05 bits per heavy atom.